The quantitative estimate of drug-likeness (QED) is 0.139. The van der Waals surface area contributed by atoms with E-state index in [1.54, 1.807) is 0 Å². The van der Waals surface area contributed by atoms with Gasteiger partial charge in [0.1, 0.15) is 6.10 Å². The average Bonchev–Trinajstić information content (AvgIpc) is 2.93. The van der Waals surface area contributed by atoms with Crippen LogP contribution in [-0.2, 0) is 9.47 Å². The summed E-state index contributed by atoms with van der Waals surface area (Å²) in [7, 11) is 0. The molecule has 0 spiro atoms. The molecule has 3 N–H and O–H groups in total. The first-order chi connectivity index (χ1) is 17.9. The van der Waals surface area contributed by atoms with Crippen LogP contribution in [0.4, 0.5) is 4.79 Å². The van der Waals surface area contributed by atoms with Crippen LogP contribution < -0.4 is 10.6 Å². The molecule has 1 saturated heterocycles. The number of morpholine rings is 1. The fraction of sp³-hybridized carbons (Fsp3) is 0.517. The van der Waals surface area contributed by atoms with Crippen molar-refractivity contribution in [3.63, 3.8) is 0 Å². The van der Waals surface area contributed by atoms with Gasteiger partial charge in [-0.3, -0.25) is 15.2 Å². The SMILES string of the molecule is C=CC(C)C(C)/C(=C\C=C/CC)NC(O)[C@@H](N=C)NC(=O)O[C@H](CCN1CCOCC1)c1ccccc1. The first-order valence-corrected chi connectivity index (χ1v) is 13.1. The fourth-order valence-corrected chi connectivity index (χ4v) is 3.97. The summed E-state index contributed by atoms with van der Waals surface area (Å²) in [5.41, 5.74) is 1.72. The van der Waals surface area contributed by atoms with Crippen molar-refractivity contribution in [1.82, 2.24) is 15.5 Å². The number of hydrogen-bond donors (Lipinski definition) is 3. The molecular weight excluding hydrogens is 468 g/mol. The number of nitrogens with zero attached hydrogens (tertiary/aromatic N) is 2. The topological polar surface area (TPSA) is 95.4 Å². The van der Waals surface area contributed by atoms with Gasteiger partial charge >= 0.3 is 6.09 Å². The van der Waals surface area contributed by atoms with Gasteiger partial charge in [-0.25, -0.2) is 4.79 Å². The van der Waals surface area contributed by atoms with Gasteiger partial charge in [0.2, 0.25) is 0 Å². The highest BCUT2D eigenvalue weighted by molar-refractivity contribution is 5.68. The molecule has 3 unspecified atom stereocenters. The number of rotatable bonds is 15. The van der Waals surface area contributed by atoms with Gasteiger partial charge in [-0.15, -0.1) is 6.58 Å². The number of aliphatic imine (C=N–C) groups is 1. The summed E-state index contributed by atoms with van der Waals surface area (Å²) in [6.45, 7) is 17.5. The van der Waals surface area contributed by atoms with Gasteiger partial charge in [-0.1, -0.05) is 69.3 Å². The number of ether oxygens (including phenoxy) is 2. The Morgan fingerprint density at radius 1 is 1.24 bits per heavy atom. The van der Waals surface area contributed by atoms with Gasteiger partial charge in [0.25, 0.3) is 0 Å². The second-order valence-corrected chi connectivity index (χ2v) is 9.25. The Bertz CT molecular complexity index is 883. The van der Waals surface area contributed by atoms with Crippen molar-refractivity contribution in [1.29, 1.82) is 0 Å². The van der Waals surface area contributed by atoms with Gasteiger partial charge in [0.15, 0.2) is 12.4 Å². The van der Waals surface area contributed by atoms with Crippen molar-refractivity contribution in [3.8, 4) is 0 Å². The summed E-state index contributed by atoms with van der Waals surface area (Å²) in [6, 6.07) is 9.66. The minimum absolute atomic E-state index is 0.0636. The molecule has 0 bridgehead atoms. The van der Waals surface area contributed by atoms with Crippen LogP contribution in [0.5, 0.6) is 0 Å². The summed E-state index contributed by atoms with van der Waals surface area (Å²) in [5, 5.41) is 16.6. The van der Waals surface area contributed by atoms with Crippen LogP contribution in [0.25, 0.3) is 0 Å². The van der Waals surface area contributed by atoms with Gasteiger partial charge in [-0.05, 0) is 30.7 Å². The van der Waals surface area contributed by atoms with Crippen LogP contribution in [0.2, 0.25) is 0 Å². The Kier molecular flexibility index (Phi) is 13.7. The highest BCUT2D eigenvalue weighted by Crippen LogP contribution is 2.23. The van der Waals surface area contributed by atoms with E-state index in [4.69, 9.17) is 9.47 Å². The Morgan fingerprint density at radius 2 is 1.95 bits per heavy atom. The molecule has 0 radical (unpaired) electrons. The maximum atomic E-state index is 12.9. The van der Waals surface area contributed by atoms with Crippen molar-refractivity contribution in [2.24, 2.45) is 16.8 Å². The molecule has 8 nitrogen and oxygen atoms in total. The average molecular weight is 513 g/mol. The van der Waals surface area contributed by atoms with Crippen LogP contribution in [0, 0.1) is 11.8 Å². The molecule has 1 aliphatic heterocycles. The minimum Gasteiger partial charge on any atom is -0.441 e. The predicted molar refractivity (Wildman–Crippen MR) is 149 cm³/mol. The van der Waals surface area contributed by atoms with Gasteiger partial charge in [0, 0.05) is 37.7 Å². The largest absolute Gasteiger partial charge is 0.441 e. The van der Waals surface area contributed by atoms with Gasteiger partial charge < -0.3 is 19.9 Å². The Balaban J connectivity index is 2.05. The molecule has 5 atom stereocenters. The number of carbonyl (C=O) groups excluding carboxylic acids is 1. The molecule has 1 fully saturated rings. The number of nitrogens with one attached hydrogen (secondary N) is 2. The second kappa shape index (κ2) is 16.7. The van der Waals surface area contributed by atoms with E-state index >= 15 is 0 Å². The molecule has 1 amide bonds. The molecular formula is C29H44N4O4. The molecule has 1 aromatic rings. The van der Waals surface area contributed by atoms with Crippen molar-refractivity contribution in [2.75, 3.05) is 32.8 Å². The lowest BCUT2D eigenvalue weighted by molar-refractivity contribution is 0.0252. The number of carbonyl (C=O) groups is 1. The highest BCUT2D eigenvalue weighted by Gasteiger charge is 2.26. The summed E-state index contributed by atoms with van der Waals surface area (Å²) < 4.78 is 11.3. The van der Waals surface area contributed by atoms with Crippen LogP contribution in [0.3, 0.4) is 0 Å². The van der Waals surface area contributed by atoms with Crippen LogP contribution >= 0.6 is 0 Å². The van der Waals surface area contributed by atoms with E-state index in [0.29, 0.717) is 19.6 Å². The lowest BCUT2D eigenvalue weighted by atomic mass is 9.92. The number of alkyl carbamates (subject to hydrolysis) is 1. The number of aliphatic hydroxyl groups excluding tert-OH is 1. The van der Waals surface area contributed by atoms with E-state index in [9.17, 15) is 9.90 Å². The lowest BCUT2D eigenvalue weighted by Crippen LogP contribution is -2.49. The molecule has 1 aliphatic rings. The molecule has 0 aliphatic carbocycles. The number of allylic oxidation sites excluding steroid dienone is 5. The second-order valence-electron chi connectivity index (χ2n) is 9.25. The van der Waals surface area contributed by atoms with Crippen molar-refractivity contribution in [3.05, 3.63) is 72.5 Å². The third-order valence-corrected chi connectivity index (χ3v) is 6.61. The zero-order valence-corrected chi connectivity index (χ0v) is 22.5. The predicted octanol–water partition coefficient (Wildman–Crippen LogP) is 4.42. The molecule has 1 heterocycles. The maximum absolute atomic E-state index is 12.9. The number of benzene rings is 1. The Labute approximate surface area is 222 Å². The number of hydrogen-bond acceptors (Lipinski definition) is 7. The monoisotopic (exact) mass is 512 g/mol. The highest BCUT2D eigenvalue weighted by atomic mass is 16.6. The van der Waals surface area contributed by atoms with E-state index in [-0.39, 0.29) is 11.8 Å². The number of amides is 1. The zero-order valence-electron chi connectivity index (χ0n) is 22.5. The van der Waals surface area contributed by atoms with E-state index in [2.05, 4.69) is 54.6 Å². The van der Waals surface area contributed by atoms with E-state index in [0.717, 1.165) is 37.3 Å². The summed E-state index contributed by atoms with van der Waals surface area (Å²) >= 11 is 0. The molecule has 8 heteroatoms. The molecule has 0 aromatic heterocycles. The lowest BCUT2D eigenvalue weighted by Gasteiger charge is -2.29. The van der Waals surface area contributed by atoms with Crippen LogP contribution in [0.1, 0.15) is 45.3 Å². The molecule has 0 saturated carbocycles. The van der Waals surface area contributed by atoms with E-state index in [1.165, 1.54) is 0 Å². The summed E-state index contributed by atoms with van der Waals surface area (Å²) in [5.74, 6) is 0.237. The Morgan fingerprint density at radius 3 is 2.57 bits per heavy atom. The van der Waals surface area contributed by atoms with Crippen molar-refractivity contribution in [2.45, 2.75) is 52.1 Å². The fourth-order valence-electron chi connectivity index (χ4n) is 3.97. The molecule has 37 heavy (non-hydrogen) atoms. The first-order valence-electron chi connectivity index (χ1n) is 13.1. The molecule has 2 rings (SSSR count). The van der Waals surface area contributed by atoms with Crippen LogP contribution in [0.15, 0.2) is 71.9 Å². The summed E-state index contributed by atoms with van der Waals surface area (Å²) in [4.78, 5) is 19.1. The molecule has 204 valence electrons. The van der Waals surface area contributed by atoms with Gasteiger partial charge in [-0.2, -0.15) is 0 Å². The summed E-state index contributed by atoms with van der Waals surface area (Å²) in [6.07, 6.45) is 5.98. The van der Waals surface area contributed by atoms with Crippen molar-refractivity contribution < 1.29 is 19.4 Å². The third-order valence-electron chi connectivity index (χ3n) is 6.61. The van der Waals surface area contributed by atoms with Crippen LogP contribution in [-0.4, -0.2) is 68.1 Å². The minimum atomic E-state index is -1.20. The number of aliphatic hydroxyl groups is 1. The molecule has 1 aromatic carbocycles. The maximum Gasteiger partial charge on any atom is 0.409 e. The van der Waals surface area contributed by atoms with E-state index in [1.807, 2.05) is 54.6 Å². The Hall–Kier alpha value is -2.94. The zero-order chi connectivity index (χ0) is 27.0. The standard InChI is InChI=1S/C29H44N4O4/c1-6-8-10-15-25(23(4)22(3)7-2)31-28(34)27(30-5)32-29(35)37-26(24-13-11-9-12-14-24)16-17-33-18-20-36-21-19-33/h7-15,22-23,26-28,31,34H,2,5-6,16-21H2,1,3-4H3,(H,32,35)/b10-8-,25-15+/t22?,23?,26-,27+,28?/m1/s1. The first kappa shape index (κ1) is 30.3. The van der Waals surface area contributed by atoms with E-state index < -0.39 is 24.6 Å². The van der Waals surface area contributed by atoms with Gasteiger partial charge in [0.05, 0.1) is 13.2 Å². The van der Waals surface area contributed by atoms with Crippen molar-refractivity contribution >= 4 is 12.8 Å². The third kappa shape index (κ3) is 10.5. The smallest absolute Gasteiger partial charge is 0.409 e. The normalized spacial score (nSPS) is 18.9.